The number of nitrogens with two attached hydrogens (primary N) is 1. The number of imidazole rings is 1. The first-order valence-electron chi connectivity index (χ1n) is 6.13. The molecule has 0 spiro atoms. The summed E-state index contributed by atoms with van der Waals surface area (Å²) in [4.78, 5) is 8.54. The molecule has 0 aliphatic carbocycles. The van der Waals surface area contributed by atoms with Crippen LogP contribution in [0.25, 0.3) is 0 Å². The van der Waals surface area contributed by atoms with Crippen LogP contribution in [-0.2, 0) is 13.0 Å². The SMILES string of the molecule is CCn1ccnc1CC(NN)c1cnccc1C. The molecule has 18 heavy (non-hydrogen) atoms. The Kier molecular flexibility index (Phi) is 4.07. The maximum absolute atomic E-state index is 5.67. The molecule has 2 aromatic heterocycles. The van der Waals surface area contributed by atoms with Crippen LogP contribution in [0.5, 0.6) is 0 Å². The summed E-state index contributed by atoms with van der Waals surface area (Å²) in [5.74, 6) is 6.70. The van der Waals surface area contributed by atoms with E-state index >= 15 is 0 Å². The number of nitrogens with zero attached hydrogens (tertiary/aromatic N) is 3. The first kappa shape index (κ1) is 12.7. The number of aromatic nitrogens is 3. The van der Waals surface area contributed by atoms with E-state index in [1.807, 2.05) is 24.7 Å². The number of hydrogen-bond acceptors (Lipinski definition) is 4. The van der Waals surface area contributed by atoms with Crippen molar-refractivity contribution in [2.24, 2.45) is 5.84 Å². The van der Waals surface area contributed by atoms with Crippen LogP contribution >= 0.6 is 0 Å². The van der Waals surface area contributed by atoms with Gasteiger partial charge in [-0.15, -0.1) is 0 Å². The molecule has 1 unspecified atom stereocenters. The maximum Gasteiger partial charge on any atom is 0.110 e. The Morgan fingerprint density at radius 1 is 1.44 bits per heavy atom. The van der Waals surface area contributed by atoms with Gasteiger partial charge < -0.3 is 4.57 Å². The quantitative estimate of drug-likeness (QED) is 0.616. The van der Waals surface area contributed by atoms with Gasteiger partial charge in [-0.3, -0.25) is 16.3 Å². The molecule has 1 atom stereocenters. The van der Waals surface area contributed by atoms with Gasteiger partial charge in [-0.2, -0.15) is 0 Å². The second-order valence-corrected chi connectivity index (χ2v) is 4.29. The molecule has 0 saturated carbocycles. The van der Waals surface area contributed by atoms with E-state index in [2.05, 4.69) is 33.8 Å². The van der Waals surface area contributed by atoms with E-state index in [1.54, 1.807) is 6.20 Å². The highest BCUT2D eigenvalue weighted by molar-refractivity contribution is 5.25. The zero-order chi connectivity index (χ0) is 13.0. The second kappa shape index (κ2) is 5.75. The lowest BCUT2D eigenvalue weighted by Gasteiger charge is -2.18. The largest absolute Gasteiger partial charge is 0.335 e. The van der Waals surface area contributed by atoms with Crippen molar-refractivity contribution >= 4 is 0 Å². The van der Waals surface area contributed by atoms with Gasteiger partial charge in [0.1, 0.15) is 5.82 Å². The molecule has 0 amide bonds. The number of rotatable bonds is 5. The molecule has 2 aromatic rings. The van der Waals surface area contributed by atoms with Gasteiger partial charge in [0, 0.05) is 37.8 Å². The molecule has 0 aliphatic rings. The minimum absolute atomic E-state index is 0.0337. The molecule has 0 aromatic carbocycles. The Balaban J connectivity index is 2.23. The smallest absolute Gasteiger partial charge is 0.110 e. The summed E-state index contributed by atoms with van der Waals surface area (Å²) in [5, 5.41) is 0. The van der Waals surface area contributed by atoms with E-state index in [9.17, 15) is 0 Å². The Labute approximate surface area is 107 Å². The van der Waals surface area contributed by atoms with Gasteiger partial charge in [0.05, 0.1) is 6.04 Å². The first-order valence-corrected chi connectivity index (χ1v) is 6.13. The van der Waals surface area contributed by atoms with Crippen molar-refractivity contribution < 1.29 is 0 Å². The zero-order valence-corrected chi connectivity index (χ0v) is 10.8. The molecule has 3 N–H and O–H groups in total. The van der Waals surface area contributed by atoms with Crippen molar-refractivity contribution in [3.05, 3.63) is 47.8 Å². The average Bonchev–Trinajstić information content (AvgIpc) is 2.84. The highest BCUT2D eigenvalue weighted by Gasteiger charge is 2.15. The average molecular weight is 245 g/mol. The van der Waals surface area contributed by atoms with Gasteiger partial charge in [0.2, 0.25) is 0 Å². The molecule has 5 heteroatoms. The molecule has 0 radical (unpaired) electrons. The van der Waals surface area contributed by atoms with Crippen molar-refractivity contribution in [3.63, 3.8) is 0 Å². The van der Waals surface area contributed by atoms with E-state index in [0.717, 1.165) is 24.4 Å². The normalized spacial score (nSPS) is 12.6. The number of aryl methyl sites for hydroxylation is 2. The molecule has 0 aliphatic heterocycles. The lowest BCUT2D eigenvalue weighted by atomic mass is 10.0. The van der Waals surface area contributed by atoms with Crippen molar-refractivity contribution in [3.8, 4) is 0 Å². The van der Waals surface area contributed by atoms with E-state index in [1.165, 1.54) is 5.56 Å². The molecular formula is C13H19N5. The van der Waals surface area contributed by atoms with Crippen LogP contribution in [0.15, 0.2) is 30.9 Å². The summed E-state index contributed by atoms with van der Waals surface area (Å²) < 4.78 is 2.12. The highest BCUT2D eigenvalue weighted by atomic mass is 15.2. The van der Waals surface area contributed by atoms with Crippen molar-refractivity contribution in [1.29, 1.82) is 0 Å². The molecule has 0 bridgehead atoms. The monoisotopic (exact) mass is 245 g/mol. The first-order chi connectivity index (χ1) is 8.76. The minimum Gasteiger partial charge on any atom is -0.335 e. The number of hydrazine groups is 1. The van der Waals surface area contributed by atoms with Crippen LogP contribution in [0.1, 0.15) is 29.9 Å². The standard InChI is InChI=1S/C13H19N5/c1-3-18-7-6-16-13(18)8-12(17-14)11-9-15-5-4-10(11)2/h4-7,9,12,17H,3,8,14H2,1-2H3. The fourth-order valence-corrected chi connectivity index (χ4v) is 2.10. The minimum atomic E-state index is 0.0337. The van der Waals surface area contributed by atoms with Gasteiger partial charge >= 0.3 is 0 Å². The summed E-state index contributed by atoms with van der Waals surface area (Å²) in [6.45, 7) is 5.08. The van der Waals surface area contributed by atoms with Gasteiger partial charge in [-0.25, -0.2) is 4.98 Å². The number of hydrogen-bond donors (Lipinski definition) is 2. The van der Waals surface area contributed by atoms with E-state index in [-0.39, 0.29) is 6.04 Å². The highest BCUT2D eigenvalue weighted by Crippen LogP contribution is 2.19. The van der Waals surface area contributed by atoms with E-state index < -0.39 is 0 Å². The molecule has 96 valence electrons. The molecule has 2 heterocycles. The van der Waals surface area contributed by atoms with Crippen LogP contribution in [-0.4, -0.2) is 14.5 Å². The number of pyridine rings is 1. The van der Waals surface area contributed by atoms with Crippen LogP contribution in [0.4, 0.5) is 0 Å². The molecule has 5 nitrogen and oxygen atoms in total. The van der Waals surface area contributed by atoms with Crippen molar-refractivity contribution in [2.75, 3.05) is 0 Å². The number of nitrogens with one attached hydrogen (secondary N) is 1. The third kappa shape index (κ3) is 2.57. The lowest BCUT2D eigenvalue weighted by molar-refractivity contribution is 0.519. The molecule has 2 rings (SSSR count). The Bertz CT molecular complexity index is 506. The Hall–Kier alpha value is -1.72. The van der Waals surface area contributed by atoms with Crippen LogP contribution in [0.3, 0.4) is 0 Å². The fourth-order valence-electron chi connectivity index (χ4n) is 2.10. The predicted octanol–water partition coefficient (Wildman–Crippen LogP) is 1.35. The maximum atomic E-state index is 5.67. The molecule has 0 fully saturated rings. The topological polar surface area (TPSA) is 68.8 Å². The van der Waals surface area contributed by atoms with Gasteiger partial charge in [0.15, 0.2) is 0 Å². The van der Waals surface area contributed by atoms with Crippen LogP contribution in [0, 0.1) is 6.92 Å². The van der Waals surface area contributed by atoms with Crippen LogP contribution in [0.2, 0.25) is 0 Å². The third-order valence-electron chi connectivity index (χ3n) is 3.19. The lowest BCUT2D eigenvalue weighted by Crippen LogP contribution is -2.31. The zero-order valence-electron chi connectivity index (χ0n) is 10.8. The van der Waals surface area contributed by atoms with Crippen molar-refractivity contribution in [2.45, 2.75) is 32.9 Å². The second-order valence-electron chi connectivity index (χ2n) is 4.29. The van der Waals surface area contributed by atoms with E-state index in [4.69, 9.17) is 5.84 Å². The summed E-state index contributed by atoms with van der Waals surface area (Å²) in [6.07, 6.45) is 8.21. The molecular weight excluding hydrogens is 226 g/mol. The van der Waals surface area contributed by atoms with Crippen LogP contribution < -0.4 is 11.3 Å². The Morgan fingerprint density at radius 2 is 2.28 bits per heavy atom. The summed E-state index contributed by atoms with van der Waals surface area (Å²) in [6, 6.07) is 2.03. The fraction of sp³-hybridized carbons (Fsp3) is 0.385. The molecule has 0 saturated heterocycles. The van der Waals surface area contributed by atoms with Gasteiger partial charge in [-0.05, 0) is 31.0 Å². The van der Waals surface area contributed by atoms with Crippen molar-refractivity contribution in [1.82, 2.24) is 20.0 Å². The summed E-state index contributed by atoms with van der Waals surface area (Å²) in [5.41, 5.74) is 5.15. The Morgan fingerprint density at radius 3 is 2.94 bits per heavy atom. The summed E-state index contributed by atoms with van der Waals surface area (Å²) >= 11 is 0. The summed E-state index contributed by atoms with van der Waals surface area (Å²) in [7, 11) is 0. The van der Waals surface area contributed by atoms with Gasteiger partial charge in [0.25, 0.3) is 0 Å². The predicted molar refractivity (Wildman–Crippen MR) is 70.6 cm³/mol. The van der Waals surface area contributed by atoms with Gasteiger partial charge in [-0.1, -0.05) is 0 Å². The third-order valence-corrected chi connectivity index (χ3v) is 3.19. The van der Waals surface area contributed by atoms with E-state index in [0.29, 0.717) is 0 Å².